The average molecular weight is 932 g/mol. The summed E-state index contributed by atoms with van der Waals surface area (Å²) in [6.45, 7) is 9.52. The van der Waals surface area contributed by atoms with Crippen LogP contribution in [0.2, 0.25) is 0 Å². The fourth-order valence-electron chi connectivity index (χ4n) is 12.1. The fraction of sp³-hybridized carbons (Fsp3) is 0.463. The first-order valence-electron chi connectivity index (χ1n) is 25.1. The Kier molecular flexibility index (Phi) is 11.0. The van der Waals surface area contributed by atoms with Crippen LogP contribution >= 0.6 is 0 Å². The molecule has 12 rings (SSSR count). The lowest BCUT2D eigenvalue weighted by atomic mass is 9.84. The van der Waals surface area contributed by atoms with Gasteiger partial charge in [-0.25, -0.2) is 17.8 Å². The molecule has 2 saturated carbocycles. The lowest BCUT2D eigenvalue weighted by molar-refractivity contribution is -0.133. The van der Waals surface area contributed by atoms with Gasteiger partial charge in [-0.2, -0.15) is 15.5 Å². The monoisotopic (exact) mass is 931 g/mol. The molecule has 69 heavy (non-hydrogen) atoms. The topological polar surface area (TPSA) is 130 Å². The van der Waals surface area contributed by atoms with E-state index in [4.69, 9.17) is 5.10 Å². The van der Waals surface area contributed by atoms with E-state index in [9.17, 15) is 14.9 Å². The number of nitrogens with zero attached hydrogens (tertiary/aromatic N) is 9. The van der Waals surface area contributed by atoms with Crippen molar-refractivity contribution in [1.29, 1.82) is 5.26 Å². The van der Waals surface area contributed by atoms with E-state index >= 15 is 8.78 Å². The Morgan fingerprint density at radius 3 is 1.80 bits per heavy atom. The number of hydrogen-bond acceptors (Lipinski definition) is 9. The van der Waals surface area contributed by atoms with Gasteiger partial charge in [0.1, 0.15) is 11.3 Å². The lowest BCUT2D eigenvalue weighted by Gasteiger charge is -2.36. The first kappa shape index (κ1) is 43.9. The Bertz CT molecular complexity index is 2970. The molecule has 6 fully saturated rings. The predicted molar refractivity (Wildman–Crippen MR) is 261 cm³/mol. The van der Waals surface area contributed by atoms with Crippen molar-refractivity contribution in [1.82, 2.24) is 39.7 Å². The normalized spacial score (nSPS) is 28.2. The number of carbonyl (C=O) groups is 2. The third kappa shape index (κ3) is 7.89. The van der Waals surface area contributed by atoms with Gasteiger partial charge in [-0.05, 0) is 109 Å². The molecular weight excluding hydrogens is 873 g/mol. The summed E-state index contributed by atoms with van der Waals surface area (Å²) in [6.07, 6.45) is 10.9. The van der Waals surface area contributed by atoms with Crippen molar-refractivity contribution in [2.24, 2.45) is 23.7 Å². The Labute approximate surface area is 401 Å². The molecule has 6 aromatic rings. The molecule has 13 nitrogen and oxygen atoms in total. The van der Waals surface area contributed by atoms with Crippen molar-refractivity contribution in [3.63, 3.8) is 0 Å². The average Bonchev–Trinajstić information content (AvgIpc) is 4.19. The van der Waals surface area contributed by atoms with Crippen LogP contribution in [-0.2, 0) is 20.9 Å². The molecule has 4 aromatic heterocycles. The number of piperazine rings is 2. The summed E-state index contributed by atoms with van der Waals surface area (Å²) in [7, 11) is 0. The Morgan fingerprint density at radius 2 is 1.23 bits per heavy atom. The van der Waals surface area contributed by atoms with E-state index in [0.717, 1.165) is 76.2 Å². The van der Waals surface area contributed by atoms with Crippen LogP contribution in [0.5, 0.6) is 0 Å². The molecule has 0 radical (unpaired) electrons. The Morgan fingerprint density at radius 1 is 0.681 bits per heavy atom. The molecule has 6 aliphatic rings. The molecule has 356 valence electrons. The maximum Gasteiger partial charge on any atom is 0.227 e. The molecule has 7 atom stereocenters. The Hall–Kier alpha value is -6.37. The highest BCUT2D eigenvalue weighted by molar-refractivity contribution is 5.87. The lowest BCUT2D eigenvalue weighted by Crippen LogP contribution is -2.49. The second kappa shape index (κ2) is 17.2. The molecule has 0 spiro atoms. The van der Waals surface area contributed by atoms with Crippen molar-refractivity contribution in [2.45, 2.75) is 56.3 Å². The van der Waals surface area contributed by atoms with Crippen molar-refractivity contribution in [3.05, 3.63) is 108 Å². The first-order chi connectivity index (χ1) is 33.6. The van der Waals surface area contributed by atoms with Gasteiger partial charge in [0, 0.05) is 107 Å². The molecule has 2 N–H and O–H groups in total. The minimum Gasteiger partial charge on any atom is -0.366 e. The van der Waals surface area contributed by atoms with Crippen molar-refractivity contribution in [3.8, 4) is 28.3 Å². The van der Waals surface area contributed by atoms with Crippen LogP contribution < -0.4 is 20.4 Å². The number of hydrogen-bond donors (Lipinski definition) is 2. The zero-order valence-corrected chi connectivity index (χ0v) is 39.2. The zero-order valence-electron chi connectivity index (χ0n) is 39.2. The second-order valence-electron chi connectivity index (χ2n) is 20.5. The number of carbonyl (C=O) groups excluding carboxylic acids is 2. The van der Waals surface area contributed by atoms with Gasteiger partial charge in [0.15, 0.2) is 0 Å². The third-order valence-electron chi connectivity index (χ3n) is 16.4. The van der Waals surface area contributed by atoms with Crippen molar-refractivity contribution < 1.29 is 18.4 Å². The number of halogens is 2. The van der Waals surface area contributed by atoms with E-state index in [1.807, 2.05) is 86.1 Å². The number of rotatable bonds is 9. The van der Waals surface area contributed by atoms with Gasteiger partial charge in [-0.15, -0.1) is 0 Å². The standard InChI is InChI=1S/C54H59F2N11O2/c1-35-49(50(35)52(69)65-24-20-63(21-25-65)45-10-16-60-66-31-38(27-47(45)66)36-4-6-40(7-5-36)53(55)12-2-14-58-33-53)44-29-41(54(56)13-3-15-59-34-54)8-9-42(44)39-28-48-46(11-17-61-67(48)32-39)62-18-22-64(23-19-62)51(68)43-26-37(43)30-57/h4-11,16-17,27-29,31-32,35,37,43,49-50,58-59H,2-3,12-15,18-26,33-34H2,1H3/t35-,37-,43+,49?,50+,53+,54+/m1/s1. The number of alkyl halides is 2. The third-order valence-corrected chi connectivity index (χ3v) is 16.4. The van der Waals surface area contributed by atoms with Crippen molar-refractivity contribution >= 4 is 34.2 Å². The van der Waals surface area contributed by atoms with Gasteiger partial charge in [-0.3, -0.25) is 9.59 Å². The molecule has 0 bridgehead atoms. The number of nitrogens with one attached hydrogen (secondary N) is 2. The van der Waals surface area contributed by atoms with Gasteiger partial charge in [0.25, 0.3) is 0 Å². The van der Waals surface area contributed by atoms with Crippen LogP contribution in [0.3, 0.4) is 0 Å². The summed E-state index contributed by atoms with van der Waals surface area (Å²) < 4.78 is 36.3. The van der Waals surface area contributed by atoms with E-state index in [-0.39, 0.29) is 47.9 Å². The molecule has 15 heteroatoms. The predicted octanol–water partition coefficient (Wildman–Crippen LogP) is 6.92. The number of anilines is 2. The van der Waals surface area contributed by atoms with Gasteiger partial charge in [-0.1, -0.05) is 49.4 Å². The Balaban J connectivity index is 0.767. The van der Waals surface area contributed by atoms with Crippen LogP contribution in [-0.4, -0.2) is 119 Å². The van der Waals surface area contributed by atoms with Crippen LogP contribution in [0.1, 0.15) is 61.6 Å². The highest BCUT2D eigenvalue weighted by Crippen LogP contribution is 2.57. The second-order valence-corrected chi connectivity index (χ2v) is 20.5. The molecule has 2 aliphatic carbocycles. The first-order valence-corrected chi connectivity index (χ1v) is 25.1. The fourth-order valence-corrected chi connectivity index (χ4v) is 12.1. The minimum atomic E-state index is -1.49. The molecule has 1 unspecified atom stereocenters. The van der Waals surface area contributed by atoms with E-state index in [0.29, 0.717) is 89.3 Å². The summed E-state index contributed by atoms with van der Waals surface area (Å²) in [4.78, 5) is 36.2. The van der Waals surface area contributed by atoms with E-state index in [1.54, 1.807) is 0 Å². The van der Waals surface area contributed by atoms with Crippen LogP contribution in [0.25, 0.3) is 33.3 Å². The van der Waals surface area contributed by atoms with Gasteiger partial charge in [0.05, 0.1) is 40.3 Å². The molecule has 8 heterocycles. The summed E-state index contributed by atoms with van der Waals surface area (Å²) in [5.41, 5.74) is 7.55. The van der Waals surface area contributed by atoms with Crippen molar-refractivity contribution in [2.75, 3.05) is 88.3 Å². The van der Waals surface area contributed by atoms with Gasteiger partial charge < -0.3 is 30.2 Å². The molecule has 2 amide bonds. The quantitative estimate of drug-likeness (QED) is 0.159. The molecule has 4 aliphatic heterocycles. The maximum absolute atomic E-state index is 16.8. The van der Waals surface area contributed by atoms with E-state index < -0.39 is 11.3 Å². The van der Waals surface area contributed by atoms with Gasteiger partial charge in [0.2, 0.25) is 11.8 Å². The summed E-state index contributed by atoms with van der Waals surface area (Å²) >= 11 is 0. The minimum absolute atomic E-state index is 0.0680. The SMILES string of the molecule is C[C@@H]1C(c2cc([C@]3(F)CCCNC3)ccc2-c2cc3c(N4CCN(C(=O)[C@H]5C[C@@H]5C#N)CC4)ccnn3c2)[C@H]1C(=O)N1CCN(c2ccnn3cc(-c4ccc([C@]5(F)CCCNC5)cc4)cc23)CC1. The summed E-state index contributed by atoms with van der Waals surface area (Å²) in [5.74, 6) is -0.262. The number of fused-ring (bicyclic) bond motifs is 2. The van der Waals surface area contributed by atoms with Crippen LogP contribution in [0.15, 0.2) is 91.5 Å². The summed E-state index contributed by atoms with van der Waals surface area (Å²) in [5, 5.41) is 25.1. The number of aromatic nitrogens is 4. The van der Waals surface area contributed by atoms with E-state index in [2.05, 4.69) is 62.8 Å². The van der Waals surface area contributed by atoms with Crippen LogP contribution in [0, 0.1) is 35.0 Å². The van der Waals surface area contributed by atoms with E-state index in [1.165, 1.54) is 0 Å². The highest BCUT2D eigenvalue weighted by Gasteiger charge is 2.55. The molecular formula is C54H59F2N11O2. The summed E-state index contributed by atoms with van der Waals surface area (Å²) in [6, 6.07) is 24.5. The highest BCUT2D eigenvalue weighted by atomic mass is 19.1. The number of piperidine rings is 2. The number of benzene rings is 2. The maximum atomic E-state index is 16.8. The molecule has 4 saturated heterocycles. The van der Waals surface area contributed by atoms with Gasteiger partial charge >= 0.3 is 0 Å². The smallest absolute Gasteiger partial charge is 0.227 e. The largest absolute Gasteiger partial charge is 0.366 e. The van der Waals surface area contributed by atoms with Crippen LogP contribution in [0.4, 0.5) is 20.2 Å². The number of nitriles is 1. The molecule has 2 aromatic carbocycles. The number of amides is 2. The zero-order chi connectivity index (χ0) is 47.0.